The van der Waals surface area contributed by atoms with Crippen LogP contribution in [-0.2, 0) is 22.9 Å². The van der Waals surface area contributed by atoms with Crippen molar-refractivity contribution < 1.29 is 8.42 Å². The number of aryl methyl sites for hydroxylation is 1. The minimum Gasteiger partial charge on any atom is -0.330 e. The number of sulfonamides is 1. The monoisotopic (exact) mass is 352 g/mol. The summed E-state index contributed by atoms with van der Waals surface area (Å²) in [7, 11) is -3.49. The average molecular weight is 353 g/mol. The first-order valence-corrected chi connectivity index (χ1v) is 9.40. The Labute approximate surface area is 142 Å². The molecule has 0 heterocycles. The van der Waals surface area contributed by atoms with Gasteiger partial charge in [0.2, 0.25) is 10.0 Å². The fourth-order valence-corrected chi connectivity index (χ4v) is 3.36. The maximum atomic E-state index is 12.1. The number of halogens is 1. The molecule has 0 saturated heterocycles. The summed E-state index contributed by atoms with van der Waals surface area (Å²) >= 11 is 5.77. The third-order valence-corrected chi connectivity index (χ3v) is 5.25. The predicted octanol–water partition coefficient (Wildman–Crippen LogP) is 2.75. The quantitative estimate of drug-likeness (QED) is 0.767. The van der Waals surface area contributed by atoms with Gasteiger partial charge in [0.1, 0.15) is 0 Å². The number of rotatable bonds is 8. The first-order valence-electron chi connectivity index (χ1n) is 7.54. The Hall–Kier alpha value is -1.40. The molecule has 0 spiro atoms. The fraction of sp³-hybridized carbons (Fsp3) is 0.294. The summed E-state index contributed by atoms with van der Waals surface area (Å²) in [5.74, 6) is 0. The van der Waals surface area contributed by atoms with Crippen LogP contribution in [0.15, 0.2) is 53.4 Å². The number of nitrogens with two attached hydrogens (primary N) is 1. The average Bonchev–Trinajstić information content (AvgIpc) is 2.54. The van der Waals surface area contributed by atoms with Gasteiger partial charge in [-0.2, -0.15) is 0 Å². The molecule has 0 aliphatic rings. The standard InChI is InChI=1S/C17H21ClN2O2S/c18-16-7-9-17(10-8-16)23(21,22)20-13-11-15-5-3-14(4-6-15)2-1-12-19/h3-10,20H,1-2,11-13,19H2. The Morgan fingerprint density at radius 3 is 2.04 bits per heavy atom. The van der Waals surface area contributed by atoms with E-state index >= 15 is 0 Å². The van der Waals surface area contributed by atoms with E-state index in [0.29, 0.717) is 24.5 Å². The third-order valence-electron chi connectivity index (χ3n) is 3.52. The Balaban J connectivity index is 1.87. The highest BCUT2D eigenvalue weighted by atomic mass is 35.5. The Bertz CT molecular complexity index is 713. The highest BCUT2D eigenvalue weighted by Gasteiger charge is 2.12. The molecular weight excluding hydrogens is 332 g/mol. The summed E-state index contributed by atoms with van der Waals surface area (Å²) in [5.41, 5.74) is 7.84. The molecule has 23 heavy (non-hydrogen) atoms. The maximum Gasteiger partial charge on any atom is 0.240 e. The van der Waals surface area contributed by atoms with Gasteiger partial charge in [-0.05, 0) is 61.2 Å². The summed E-state index contributed by atoms with van der Waals surface area (Å²) < 4.78 is 26.9. The fourth-order valence-electron chi connectivity index (χ4n) is 2.21. The van der Waals surface area contributed by atoms with Crippen molar-refractivity contribution in [1.82, 2.24) is 4.72 Å². The van der Waals surface area contributed by atoms with Crippen LogP contribution in [0.2, 0.25) is 5.02 Å². The van der Waals surface area contributed by atoms with E-state index in [-0.39, 0.29) is 4.90 Å². The highest BCUT2D eigenvalue weighted by molar-refractivity contribution is 7.89. The van der Waals surface area contributed by atoms with Gasteiger partial charge < -0.3 is 5.73 Å². The molecular formula is C17H21ClN2O2S. The van der Waals surface area contributed by atoms with Gasteiger partial charge in [-0.25, -0.2) is 13.1 Å². The number of hydrogen-bond acceptors (Lipinski definition) is 3. The van der Waals surface area contributed by atoms with Gasteiger partial charge in [0.25, 0.3) is 0 Å². The second-order valence-corrected chi connectivity index (χ2v) is 7.51. The molecule has 2 aromatic carbocycles. The molecule has 0 aliphatic heterocycles. The molecule has 0 bridgehead atoms. The largest absolute Gasteiger partial charge is 0.330 e. The van der Waals surface area contributed by atoms with Gasteiger partial charge in [-0.3, -0.25) is 0 Å². The first-order chi connectivity index (χ1) is 11.0. The molecule has 0 atom stereocenters. The van der Waals surface area contributed by atoms with Gasteiger partial charge in [0, 0.05) is 11.6 Å². The maximum absolute atomic E-state index is 12.1. The van der Waals surface area contributed by atoms with Crippen molar-refractivity contribution in [2.75, 3.05) is 13.1 Å². The van der Waals surface area contributed by atoms with E-state index in [0.717, 1.165) is 18.4 Å². The van der Waals surface area contributed by atoms with Crippen molar-refractivity contribution >= 4 is 21.6 Å². The normalized spacial score (nSPS) is 11.6. The van der Waals surface area contributed by atoms with Crippen LogP contribution in [0.3, 0.4) is 0 Å². The minimum absolute atomic E-state index is 0.221. The van der Waals surface area contributed by atoms with Crippen LogP contribution in [0.5, 0.6) is 0 Å². The second-order valence-electron chi connectivity index (χ2n) is 5.31. The number of hydrogen-bond donors (Lipinski definition) is 2. The van der Waals surface area contributed by atoms with Crippen LogP contribution in [0, 0.1) is 0 Å². The zero-order valence-electron chi connectivity index (χ0n) is 12.8. The van der Waals surface area contributed by atoms with Crippen molar-refractivity contribution in [1.29, 1.82) is 0 Å². The van der Waals surface area contributed by atoms with Crippen molar-refractivity contribution in [3.63, 3.8) is 0 Å². The van der Waals surface area contributed by atoms with Crippen LogP contribution >= 0.6 is 11.6 Å². The van der Waals surface area contributed by atoms with E-state index in [4.69, 9.17) is 17.3 Å². The molecule has 0 radical (unpaired) electrons. The van der Waals surface area contributed by atoms with Crippen LogP contribution in [0.25, 0.3) is 0 Å². The Kier molecular flexibility index (Phi) is 6.59. The van der Waals surface area contributed by atoms with Gasteiger partial charge in [-0.15, -0.1) is 0 Å². The number of nitrogens with one attached hydrogen (secondary N) is 1. The molecule has 0 saturated carbocycles. The lowest BCUT2D eigenvalue weighted by atomic mass is 10.1. The van der Waals surface area contributed by atoms with Gasteiger partial charge in [0.15, 0.2) is 0 Å². The molecule has 2 aromatic rings. The summed E-state index contributed by atoms with van der Waals surface area (Å²) in [6, 6.07) is 14.3. The van der Waals surface area contributed by atoms with E-state index in [1.807, 2.05) is 12.1 Å². The molecule has 0 aromatic heterocycles. The second kappa shape index (κ2) is 8.45. The van der Waals surface area contributed by atoms with E-state index in [1.54, 1.807) is 12.1 Å². The molecule has 0 unspecified atom stereocenters. The molecule has 6 heteroatoms. The van der Waals surface area contributed by atoms with E-state index in [2.05, 4.69) is 16.9 Å². The molecule has 3 N–H and O–H groups in total. The van der Waals surface area contributed by atoms with Crippen LogP contribution in [-0.4, -0.2) is 21.5 Å². The zero-order chi connectivity index (χ0) is 16.7. The zero-order valence-corrected chi connectivity index (χ0v) is 14.4. The molecule has 124 valence electrons. The summed E-state index contributed by atoms with van der Waals surface area (Å²) in [4.78, 5) is 0.221. The lowest BCUT2D eigenvalue weighted by Gasteiger charge is -2.07. The Morgan fingerprint density at radius 2 is 1.48 bits per heavy atom. The highest BCUT2D eigenvalue weighted by Crippen LogP contribution is 2.14. The lowest BCUT2D eigenvalue weighted by Crippen LogP contribution is -2.25. The SMILES string of the molecule is NCCCc1ccc(CCNS(=O)(=O)c2ccc(Cl)cc2)cc1. The smallest absolute Gasteiger partial charge is 0.240 e. The minimum atomic E-state index is -3.49. The molecule has 0 fully saturated rings. The summed E-state index contributed by atoms with van der Waals surface area (Å²) in [6.07, 6.45) is 2.59. The van der Waals surface area contributed by atoms with Crippen LogP contribution < -0.4 is 10.5 Å². The molecule has 0 amide bonds. The van der Waals surface area contributed by atoms with E-state index < -0.39 is 10.0 Å². The third kappa shape index (κ3) is 5.62. The van der Waals surface area contributed by atoms with E-state index in [9.17, 15) is 8.42 Å². The molecule has 2 rings (SSSR count). The van der Waals surface area contributed by atoms with Crippen molar-refractivity contribution in [2.24, 2.45) is 5.73 Å². The van der Waals surface area contributed by atoms with E-state index in [1.165, 1.54) is 17.7 Å². The van der Waals surface area contributed by atoms with Crippen molar-refractivity contribution in [3.05, 3.63) is 64.7 Å². The lowest BCUT2D eigenvalue weighted by molar-refractivity contribution is 0.581. The summed E-state index contributed by atoms with van der Waals surface area (Å²) in [6.45, 7) is 1.04. The van der Waals surface area contributed by atoms with Gasteiger partial charge >= 0.3 is 0 Å². The molecule has 0 aliphatic carbocycles. The van der Waals surface area contributed by atoms with Crippen LogP contribution in [0.4, 0.5) is 0 Å². The van der Waals surface area contributed by atoms with Crippen molar-refractivity contribution in [2.45, 2.75) is 24.2 Å². The van der Waals surface area contributed by atoms with Gasteiger partial charge in [0.05, 0.1) is 4.90 Å². The Morgan fingerprint density at radius 1 is 0.913 bits per heavy atom. The predicted molar refractivity (Wildman–Crippen MR) is 94.2 cm³/mol. The number of benzene rings is 2. The topological polar surface area (TPSA) is 72.2 Å². The van der Waals surface area contributed by atoms with Crippen molar-refractivity contribution in [3.8, 4) is 0 Å². The van der Waals surface area contributed by atoms with Crippen LogP contribution in [0.1, 0.15) is 17.5 Å². The van der Waals surface area contributed by atoms with Gasteiger partial charge in [-0.1, -0.05) is 35.9 Å². The summed E-state index contributed by atoms with van der Waals surface area (Å²) in [5, 5.41) is 0.513. The first kappa shape index (κ1) is 17.9. The molecule has 4 nitrogen and oxygen atoms in total.